The van der Waals surface area contributed by atoms with Crippen LogP contribution in [0.25, 0.3) is 6.08 Å². The summed E-state index contributed by atoms with van der Waals surface area (Å²) >= 11 is 0. The highest BCUT2D eigenvalue weighted by Gasteiger charge is 2.37. The molecule has 1 fully saturated rings. The Bertz CT molecular complexity index is 1380. The summed E-state index contributed by atoms with van der Waals surface area (Å²) in [7, 11) is 1.36. The van der Waals surface area contributed by atoms with Crippen LogP contribution in [0.5, 0.6) is 11.5 Å². The third kappa shape index (κ3) is 4.92. The van der Waals surface area contributed by atoms with Crippen LogP contribution >= 0.6 is 0 Å². The Morgan fingerprint density at radius 3 is 2.33 bits per heavy atom. The summed E-state index contributed by atoms with van der Waals surface area (Å²) < 4.78 is 11.1. The molecule has 182 valence electrons. The van der Waals surface area contributed by atoms with Gasteiger partial charge in [-0.2, -0.15) is 0 Å². The van der Waals surface area contributed by atoms with Crippen molar-refractivity contribution < 1.29 is 28.8 Å². The zero-order valence-corrected chi connectivity index (χ0v) is 19.4. The van der Waals surface area contributed by atoms with Crippen LogP contribution in [0.15, 0.2) is 72.3 Å². The Morgan fingerprint density at radius 1 is 1.00 bits per heavy atom. The lowest BCUT2D eigenvalue weighted by Crippen LogP contribution is -2.54. The third-order valence-electron chi connectivity index (χ3n) is 5.44. The zero-order chi connectivity index (χ0) is 25.8. The first-order valence-corrected chi connectivity index (χ1v) is 10.8. The van der Waals surface area contributed by atoms with E-state index in [1.807, 2.05) is 37.3 Å². The number of hydrogen-bond donors (Lipinski definition) is 1. The second kappa shape index (κ2) is 10.1. The first-order valence-electron chi connectivity index (χ1n) is 10.8. The first-order chi connectivity index (χ1) is 17.3. The van der Waals surface area contributed by atoms with Gasteiger partial charge >= 0.3 is 6.03 Å². The molecule has 0 spiro atoms. The Labute approximate surface area is 205 Å². The van der Waals surface area contributed by atoms with E-state index in [-0.39, 0.29) is 29.4 Å². The van der Waals surface area contributed by atoms with E-state index in [1.54, 1.807) is 24.3 Å². The number of barbiturate groups is 1. The molecule has 1 aliphatic heterocycles. The molecule has 3 aromatic rings. The molecule has 10 heteroatoms. The maximum atomic E-state index is 13.1. The quantitative estimate of drug-likeness (QED) is 0.229. The lowest BCUT2D eigenvalue weighted by Gasteiger charge is -2.26. The van der Waals surface area contributed by atoms with Gasteiger partial charge in [0.05, 0.1) is 29.4 Å². The molecule has 0 bridgehead atoms. The van der Waals surface area contributed by atoms with Crippen LogP contribution in [-0.4, -0.2) is 29.9 Å². The van der Waals surface area contributed by atoms with Gasteiger partial charge in [0.25, 0.3) is 17.5 Å². The number of anilines is 1. The first kappa shape index (κ1) is 24.1. The van der Waals surface area contributed by atoms with Gasteiger partial charge in [0.1, 0.15) is 12.2 Å². The lowest BCUT2D eigenvalue weighted by molar-refractivity contribution is -0.385. The van der Waals surface area contributed by atoms with Gasteiger partial charge in [0, 0.05) is 0 Å². The summed E-state index contributed by atoms with van der Waals surface area (Å²) in [5.41, 5.74) is 1.08. The van der Waals surface area contributed by atoms with Crippen molar-refractivity contribution in [2.75, 3.05) is 12.0 Å². The number of hydrogen-bond acceptors (Lipinski definition) is 7. The largest absolute Gasteiger partial charge is 0.493 e. The van der Waals surface area contributed by atoms with Crippen molar-refractivity contribution in [3.63, 3.8) is 0 Å². The number of methoxy groups -OCH3 is 1. The highest BCUT2D eigenvalue weighted by Crippen LogP contribution is 2.37. The van der Waals surface area contributed by atoms with E-state index in [2.05, 4.69) is 5.32 Å². The number of carbonyl (C=O) groups is 3. The minimum absolute atomic E-state index is 0.0689. The van der Waals surface area contributed by atoms with Gasteiger partial charge in [-0.05, 0) is 36.8 Å². The van der Waals surface area contributed by atoms with Crippen LogP contribution in [0, 0.1) is 17.0 Å². The molecule has 10 nitrogen and oxygen atoms in total. The van der Waals surface area contributed by atoms with Gasteiger partial charge in [0.2, 0.25) is 0 Å². The topological polar surface area (TPSA) is 128 Å². The Balaban J connectivity index is 1.72. The van der Waals surface area contributed by atoms with E-state index in [0.29, 0.717) is 0 Å². The summed E-state index contributed by atoms with van der Waals surface area (Å²) in [4.78, 5) is 50.1. The Kier molecular flexibility index (Phi) is 6.77. The molecule has 0 saturated carbocycles. The van der Waals surface area contributed by atoms with Gasteiger partial charge in [-0.1, -0.05) is 48.0 Å². The monoisotopic (exact) mass is 487 g/mol. The van der Waals surface area contributed by atoms with Crippen LogP contribution in [0.4, 0.5) is 16.2 Å². The van der Waals surface area contributed by atoms with Crippen molar-refractivity contribution in [3.05, 3.63) is 99.1 Å². The van der Waals surface area contributed by atoms with E-state index >= 15 is 0 Å². The molecule has 0 aromatic heterocycles. The number of nitrogens with zero attached hydrogens (tertiary/aromatic N) is 2. The molecule has 0 aliphatic carbocycles. The number of imide groups is 2. The van der Waals surface area contributed by atoms with Crippen molar-refractivity contribution in [1.29, 1.82) is 0 Å². The van der Waals surface area contributed by atoms with E-state index in [0.717, 1.165) is 22.1 Å². The molecule has 36 heavy (non-hydrogen) atoms. The Morgan fingerprint density at radius 2 is 1.69 bits per heavy atom. The summed E-state index contributed by atoms with van der Waals surface area (Å²) in [6, 6.07) is 17.3. The molecule has 0 radical (unpaired) electrons. The predicted octanol–water partition coefficient (Wildman–Crippen LogP) is 4.16. The number of nitro benzene ring substituents is 1. The highest BCUT2D eigenvalue weighted by atomic mass is 16.6. The van der Waals surface area contributed by atoms with Gasteiger partial charge < -0.3 is 9.47 Å². The normalized spacial score (nSPS) is 14.6. The highest BCUT2D eigenvalue weighted by molar-refractivity contribution is 6.39. The van der Waals surface area contributed by atoms with Crippen LogP contribution in [0.1, 0.15) is 16.7 Å². The molecule has 0 unspecified atom stereocenters. The maximum absolute atomic E-state index is 13.1. The lowest BCUT2D eigenvalue weighted by atomic mass is 10.0. The SMILES string of the molecule is COc1cc(C=C2C(=O)NC(=O)N(c3ccc(C)cc3)C2=O)c([N+](=O)[O-])cc1OCc1ccccc1. The second-order valence-corrected chi connectivity index (χ2v) is 7.89. The van der Waals surface area contributed by atoms with Crippen LogP contribution in [-0.2, 0) is 16.2 Å². The minimum Gasteiger partial charge on any atom is -0.493 e. The molecule has 3 aromatic carbocycles. The van der Waals surface area contributed by atoms with E-state index < -0.39 is 34.0 Å². The third-order valence-corrected chi connectivity index (χ3v) is 5.44. The Hall–Kier alpha value is -4.99. The van der Waals surface area contributed by atoms with E-state index in [4.69, 9.17) is 9.47 Å². The standard InChI is InChI=1S/C26H21N3O7/c1-16-8-10-19(11-9-16)28-25(31)20(24(30)27-26(28)32)12-18-13-22(35-2)23(14-21(18)29(33)34)36-15-17-6-4-3-5-7-17/h3-14H,15H2,1-2H3,(H,27,30,32). The summed E-state index contributed by atoms with van der Waals surface area (Å²) in [6.07, 6.45) is 1.06. The summed E-state index contributed by atoms with van der Waals surface area (Å²) in [5.74, 6) is -1.60. The number of nitrogens with one attached hydrogen (secondary N) is 1. The molecule has 1 aliphatic rings. The van der Waals surface area contributed by atoms with Crippen molar-refractivity contribution >= 4 is 35.3 Å². The number of ether oxygens (including phenoxy) is 2. The predicted molar refractivity (Wildman–Crippen MR) is 131 cm³/mol. The van der Waals surface area contributed by atoms with Crippen molar-refractivity contribution in [1.82, 2.24) is 5.32 Å². The molecular weight excluding hydrogens is 466 g/mol. The molecule has 1 N–H and O–H groups in total. The van der Waals surface area contributed by atoms with Crippen molar-refractivity contribution in [2.45, 2.75) is 13.5 Å². The average Bonchev–Trinajstić information content (AvgIpc) is 2.86. The number of urea groups is 1. The van der Waals surface area contributed by atoms with Crippen molar-refractivity contribution in [2.24, 2.45) is 0 Å². The van der Waals surface area contributed by atoms with Gasteiger partial charge in [-0.3, -0.25) is 25.0 Å². The van der Waals surface area contributed by atoms with Crippen molar-refractivity contribution in [3.8, 4) is 11.5 Å². The molecule has 1 heterocycles. The number of nitro groups is 1. The van der Waals surface area contributed by atoms with Gasteiger partial charge in [-0.25, -0.2) is 9.69 Å². The molecule has 4 amide bonds. The number of rotatable bonds is 7. The fourth-order valence-electron chi connectivity index (χ4n) is 3.59. The molecular formula is C26H21N3O7. The average molecular weight is 487 g/mol. The van der Waals surface area contributed by atoms with E-state index in [1.165, 1.54) is 19.2 Å². The fraction of sp³-hybridized carbons (Fsp3) is 0.115. The maximum Gasteiger partial charge on any atom is 0.335 e. The number of benzene rings is 3. The molecule has 4 rings (SSSR count). The van der Waals surface area contributed by atoms with E-state index in [9.17, 15) is 24.5 Å². The smallest absolute Gasteiger partial charge is 0.335 e. The van der Waals surface area contributed by atoms with Crippen LogP contribution in [0.3, 0.4) is 0 Å². The van der Waals surface area contributed by atoms with Gasteiger partial charge in [0.15, 0.2) is 11.5 Å². The van der Waals surface area contributed by atoms with Gasteiger partial charge in [-0.15, -0.1) is 0 Å². The minimum atomic E-state index is -0.967. The number of aryl methyl sites for hydroxylation is 1. The zero-order valence-electron chi connectivity index (χ0n) is 19.4. The summed E-state index contributed by atoms with van der Waals surface area (Å²) in [6.45, 7) is 1.99. The van der Waals surface area contributed by atoms with Crippen LogP contribution < -0.4 is 19.7 Å². The number of amides is 4. The number of carbonyl (C=O) groups excluding carboxylic acids is 3. The second-order valence-electron chi connectivity index (χ2n) is 7.89. The fourth-order valence-corrected chi connectivity index (χ4v) is 3.59. The molecule has 1 saturated heterocycles. The van der Waals surface area contributed by atoms with Crippen LogP contribution in [0.2, 0.25) is 0 Å². The summed E-state index contributed by atoms with van der Waals surface area (Å²) in [5, 5.41) is 14.0. The molecule has 0 atom stereocenters.